The molecule has 0 aliphatic carbocycles. The molecule has 0 N–H and O–H groups in total. The molecule has 4 nitrogen and oxygen atoms in total. The SMILES string of the molecule is COc1ncc2c(n1)CCN(C(C)C)C2. The lowest BCUT2D eigenvalue weighted by molar-refractivity contribution is 0.200. The Morgan fingerprint density at radius 3 is 2.93 bits per heavy atom. The largest absolute Gasteiger partial charge is 0.467 e. The molecule has 4 heteroatoms. The molecule has 0 aromatic carbocycles. The first kappa shape index (κ1) is 10.4. The number of hydrogen-bond donors (Lipinski definition) is 0. The van der Waals surface area contributed by atoms with E-state index >= 15 is 0 Å². The van der Waals surface area contributed by atoms with E-state index < -0.39 is 0 Å². The third-order valence-corrected chi connectivity index (χ3v) is 2.85. The lowest BCUT2D eigenvalue weighted by Gasteiger charge is -2.30. The number of rotatable bonds is 2. The van der Waals surface area contributed by atoms with Crippen molar-refractivity contribution in [2.45, 2.75) is 32.9 Å². The number of hydrogen-bond acceptors (Lipinski definition) is 4. The van der Waals surface area contributed by atoms with E-state index in [-0.39, 0.29) is 0 Å². The van der Waals surface area contributed by atoms with Crippen molar-refractivity contribution >= 4 is 0 Å². The molecule has 0 radical (unpaired) electrons. The van der Waals surface area contributed by atoms with Gasteiger partial charge in [-0.3, -0.25) is 4.90 Å². The third kappa shape index (κ3) is 2.09. The first-order valence-electron chi connectivity index (χ1n) is 5.33. The number of methoxy groups -OCH3 is 1. The Balaban J connectivity index is 2.21. The standard InChI is InChI=1S/C11H17N3O/c1-8(2)14-5-4-10-9(7-14)6-12-11(13-10)15-3/h6,8H,4-5,7H2,1-3H3. The Kier molecular flexibility index (Phi) is 2.86. The van der Waals surface area contributed by atoms with Gasteiger partial charge in [-0.05, 0) is 13.8 Å². The Morgan fingerprint density at radius 2 is 2.27 bits per heavy atom. The van der Waals surface area contributed by atoms with Crippen molar-refractivity contribution in [2.75, 3.05) is 13.7 Å². The minimum absolute atomic E-state index is 0.478. The molecule has 82 valence electrons. The minimum atomic E-state index is 0.478. The van der Waals surface area contributed by atoms with Crippen molar-refractivity contribution in [3.05, 3.63) is 17.5 Å². The van der Waals surface area contributed by atoms with Crippen LogP contribution in [0.2, 0.25) is 0 Å². The van der Waals surface area contributed by atoms with Gasteiger partial charge in [0, 0.05) is 37.3 Å². The maximum Gasteiger partial charge on any atom is 0.316 e. The highest BCUT2D eigenvalue weighted by molar-refractivity contribution is 5.22. The Morgan fingerprint density at radius 1 is 1.47 bits per heavy atom. The van der Waals surface area contributed by atoms with E-state index in [0.29, 0.717) is 12.1 Å². The van der Waals surface area contributed by atoms with Gasteiger partial charge in [0.15, 0.2) is 0 Å². The third-order valence-electron chi connectivity index (χ3n) is 2.85. The number of aromatic nitrogens is 2. The second kappa shape index (κ2) is 4.14. The van der Waals surface area contributed by atoms with Crippen LogP contribution in [-0.4, -0.2) is 34.6 Å². The summed E-state index contributed by atoms with van der Waals surface area (Å²) >= 11 is 0. The maximum atomic E-state index is 5.02. The first-order valence-corrected chi connectivity index (χ1v) is 5.33. The highest BCUT2D eigenvalue weighted by Crippen LogP contribution is 2.19. The molecule has 1 aliphatic rings. The van der Waals surface area contributed by atoms with Crippen LogP contribution >= 0.6 is 0 Å². The van der Waals surface area contributed by atoms with Crippen LogP contribution in [0.3, 0.4) is 0 Å². The summed E-state index contributed by atoms with van der Waals surface area (Å²) in [6.07, 6.45) is 2.88. The van der Waals surface area contributed by atoms with Crippen molar-refractivity contribution in [1.29, 1.82) is 0 Å². The molecule has 2 heterocycles. The van der Waals surface area contributed by atoms with E-state index in [1.54, 1.807) is 7.11 Å². The predicted molar refractivity (Wildman–Crippen MR) is 57.8 cm³/mol. The number of nitrogens with zero attached hydrogens (tertiary/aromatic N) is 3. The zero-order valence-corrected chi connectivity index (χ0v) is 9.53. The minimum Gasteiger partial charge on any atom is -0.467 e. The first-order chi connectivity index (χ1) is 7.20. The molecule has 0 fully saturated rings. The number of ether oxygens (including phenoxy) is 1. The fourth-order valence-electron chi connectivity index (χ4n) is 1.86. The normalized spacial score (nSPS) is 16.5. The fraction of sp³-hybridized carbons (Fsp3) is 0.636. The zero-order valence-electron chi connectivity index (χ0n) is 9.53. The summed E-state index contributed by atoms with van der Waals surface area (Å²) in [5.74, 6) is 0. The molecule has 2 rings (SSSR count). The zero-order chi connectivity index (χ0) is 10.8. The summed E-state index contributed by atoms with van der Waals surface area (Å²) in [6.45, 7) is 6.46. The lowest BCUT2D eigenvalue weighted by atomic mass is 10.1. The van der Waals surface area contributed by atoms with E-state index in [9.17, 15) is 0 Å². The van der Waals surface area contributed by atoms with Crippen molar-refractivity contribution in [1.82, 2.24) is 14.9 Å². The second-order valence-electron chi connectivity index (χ2n) is 4.14. The molecule has 1 aliphatic heterocycles. The van der Waals surface area contributed by atoms with Crippen LogP contribution in [0, 0.1) is 0 Å². The van der Waals surface area contributed by atoms with Crippen LogP contribution in [0.4, 0.5) is 0 Å². The van der Waals surface area contributed by atoms with Gasteiger partial charge in [0.25, 0.3) is 0 Å². The monoisotopic (exact) mass is 207 g/mol. The molecule has 0 amide bonds. The maximum absolute atomic E-state index is 5.02. The summed E-state index contributed by atoms with van der Waals surface area (Å²) in [4.78, 5) is 10.9. The molecule has 0 saturated carbocycles. The van der Waals surface area contributed by atoms with Crippen molar-refractivity contribution < 1.29 is 4.74 Å². The lowest BCUT2D eigenvalue weighted by Crippen LogP contribution is -2.36. The van der Waals surface area contributed by atoms with E-state index in [1.165, 1.54) is 5.56 Å². The van der Waals surface area contributed by atoms with Gasteiger partial charge in [-0.2, -0.15) is 4.98 Å². The molecule has 1 aromatic heterocycles. The fourth-order valence-corrected chi connectivity index (χ4v) is 1.86. The second-order valence-corrected chi connectivity index (χ2v) is 4.14. The summed E-state index contributed by atoms with van der Waals surface area (Å²) in [6, 6.07) is 1.06. The molecule has 1 aromatic rings. The van der Waals surface area contributed by atoms with E-state index in [4.69, 9.17) is 4.74 Å². The predicted octanol–water partition coefficient (Wildman–Crippen LogP) is 1.25. The van der Waals surface area contributed by atoms with E-state index in [1.807, 2.05) is 6.20 Å². The molecule has 0 unspecified atom stereocenters. The van der Waals surface area contributed by atoms with Gasteiger partial charge >= 0.3 is 6.01 Å². The van der Waals surface area contributed by atoms with Gasteiger partial charge in [0.1, 0.15) is 0 Å². The van der Waals surface area contributed by atoms with Crippen LogP contribution in [0.25, 0.3) is 0 Å². The molecule has 15 heavy (non-hydrogen) atoms. The quantitative estimate of drug-likeness (QED) is 0.731. The molecular formula is C11H17N3O. The smallest absolute Gasteiger partial charge is 0.316 e. The van der Waals surface area contributed by atoms with Gasteiger partial charge in [-0.15, -0.1) is 0 Å². The Bertz CT molecular complexity index is 352. The Labute approximate surface area is 90.3 Å². The highest BCUT2D eigenvalue weighted by atomic mass is 16.5. The molecule has 0 spiro atoms. The van der Waals surface area contributed by atoms with Crippen molar-refractivity contribution in [2.24, 2.45) is 0 Å². The van der Waals surface area contributed by atoms with Crippen molar-refractivity contribution in [3.63, 3.8) is 0 Å². The molecule has 0 atom stereocenters. The highest BCUT2D eigenvalue weighted by Gasteiger charge is 2.20. The summed E-state index contributed by atoms with van der Waals surface area (Å²) in [5, 5.41) is 0. The molecule has 0 bridgehead atoms. The van der Waals surface area contributed by atoms with Gasteiger partial charge in [0.05, 0.1) is 12.8 Å². The molecular weight excluding hydrogens is 190 g/mol. The van der Waals surface area contributed by atoms with Crippen LogP contribution in [0.5, 0.6) is 6.01 Å². The van der Waals surface area contributed by atoms with Crippen LogP contribution in [0.1, 0.15) is 25.1 Å². The summed E-state index contributed by atoms with van der Waals surface area (Å²) < 4.78 is 5.02. The van der Waals surface area contributed by atoms with E-state index in [0.717, 1.165) is 25.2 Å². The van der Waals surface area contributed by atoms with Crippen molar-refractivity contribution in [3.8, 4) is 6.01 Å². The van der Waals surface area contributed by atoms with E-state index in [2.05, 4.69) is 28.7 Å². The van der Waals surface area contributed by atoms with Gasteiger partial charge in [-0.1, -0.05) is 0 Å². The van der Waals surface area contributed by atoms with Gasteiger partial charge in [0.2, 0.25) is 0 Å². The topological polar surface area (TPSA) is 38.3 Å². The Hall–Kier alpha value is -1.16. The summed E-state index contributed by atoms with van der Waals surface area (Å²) in [7, 11) is 1.60. The van der Waals surface area contributed by atoms with Crippen LogP contribution in [-0.2, 0) is 13.0 Å². The number of fused-ring (bicyclic) bond motifs is 1. The summed E-state index contributed by atoms with van der Waals surface area (Å²) in [5.41, 5.74) is 2.37. The van der Waals surface area contributed by atoms with Crippen LogP contribution in [0.15, 0.2) is 6.20 Å². The molecule has 0 saturated heterocycles. The van der Waals surface area contributed by atoms with Crippen LogP contribution < -0.4 is 4.74 Å². The average Bonchev–Trinajstić information content (AvgIpc) is 2.27. The van der Waals surface area contributed by atoms with Gasteiger partial charge < -0.3 is 4.74 Å². The van der Waals surface area contributed by atoms with Gasteiger partial charge in [-0.25, -0.2) is 4.98 Å². The average molecular weight is 207 g/mol.